The first kappa shape index (κ1) is 12.3. The van der Waals surface area contributed by atoms with Crippen LogP contribution in [0.1, 0.15) is 16.2 Å². The van der Waals surface area contributed by atoms with Gasteiger partial charge < -0.3 is 9.47 Å². The van der Waals surface area contributed by atoms with Gasteiger partial charge in [0.2, 0.25) is 0 Å². The second kappa shape index (κ2) is 4.72. The highest BCUT2D eigenvalue weighted by atomic mass is 16.6. The molecule has 102 valence electrons. The molecule has 3 rings (SSSR count). The Morgan fingerprint density at radius 1 is 1.35 bits per heavy atom. The Bertz CT molecular complexity index is 681. The van der Waals surface area contributed by atoms with Gasteiger partial charge in [-0.15, -0.1) is 10.2 Å². The molecule has 0 spiro atoms. The van der Waals surface area contributed by atoms with E-state index in [-0.39, 0.29) is 5.69 Å². The molecule has 0 radical (unpaired) electrons. The molecular weight excluding hydrogens is 262 g/mol. The third-order valence-corrected chi connectivity index (χ3v) is 3.31. The van der Waals surface area contributed by atoms with E-state index in [1.54, 1.807) is 18.5 Å². The van der Waals surface area contributed by atoms with Gasteiger partial charge in [0.15, 0.2) is 5.82 Å². The molecule has 0 N–H and O–H groups in total. The van der Waals surface area contributed by atoms with Crippen molar-refractivity contribution in [1.82, 2.24) is 14.8 Å². The molecule has 0 atom stereocenters. The summed E-state index contributed by atoms with van der Waals surface area (Å²) in [7, 11) is 0. The molecule has 1 aliphatic rings. The van der Waals surface area contributed by atoms with Gasteiger partial charge in [0.1, 0.15) is 18.3 Å². The summed E-state index contributed by atoms with van der Waals surface area (Å²) in [5, 5.41) is 19.0. The van der Waals surface area contributed by atoms with Crippen LogP contribution in [0.15, 0.2) is 24.5 Å². The predicted octanol–water partition coefficient (Wildman–Crippen LogP) is 1.02. The van der Waals surface area contributed by atoms with Crippen LogP contribution in [0.2, 0.25) is 0 Å². The fraction of sp³-hybridized carbons (Fsp3) is 0.250. The lowest BCUT2D eigenvalue weighted by Gasteiger charge is -2.28. The Labute approximate surface area is 113 Å². The maximum absolute atomic E-state index is 11.2. The number of hydrogen-bond acceptors (Lipinski definition) is 6. The van der Waals surface area contributed by atoms with E-state index in [4.69, 9.17) is 0 Å². The molecule has 0 saturated heterocycles. The smallest absolute Gasteiger partial charge is 0.293 e. The van der Waals surface area contributed by atoms with Gasteiger partial charge in [0.05, 0.1) is 11.5 Å². The Balaban J connectivity index is 1.98. The van der Waals surface area contributed by atoms with Crippen LogP contribution >= 0.6 is 0 Å². The zero-order chi connectivity index (χ0) is 14.1. The number of fused-ring (bicyclic) bond motifs is 1. The average Bonchev–Trinajstić information content (AvgIpc) is 2.93. The van der Waals surface area contributed by atoms with Gasteiger partial charge in [0.25, 0.3) is 5.69 Å². The third-order valence-electron chi connectivity index (χ3n) is 3.31. The van der Waals surface area contributed by atoms with E-state index in [0.717, 1.165) is 5.82 Å². The van der Waals surface area contributed by atoms with E-state index >= 15 is 0 Å². The molecule has 2 aromatic rings. The zero-order valence-electron chi connectivity index (χ0n) is 10.5. The van der Waals surface area contributed by atoms with Crippen molar-refractivity contribution in [2.24, 2.45) is 0 Å². The number of hydrogen-bond donors (Lipinski definition) is 0. The quantitative estimate of drug-likeness (QED) is 0.470. The minimum atomic E-state index is -0.471. The summed E-state index contributed by atoms with van der Waals surface area (Å²) in [6.45, 7) is 1.77. The number of nitro groups is 1. The largest absolute Gasteiger partial charge is 0.357 e. The van der Waals surface area contributed by atoms with E-state index in [0.29, 0.717) is 37.2 Å². The number of rotatable bonds is 3. The van der Waals surface area contributed by atoms with E-state index in [1.807, 2.05) is 9.47 Å². The van der Waals surface area contributed by atoms with Crippen LogP contribution in [0.4, 0.5) is 11.4 Å². The van der Waals surface area contributed by atoms with Gasteiger partial charge in [-0.3, -0.25) is 14.9 Å². The summed E-state index contributed by atoms with van der Waals surface area (Å²) >= 11 is 0. The summed E-state index contributed by atoms with van der Waals surface area (Å²) in [6.07, 6.45) is 2.25. The minimum Gasteiger partial charge on any atom is -0.357 e. The lowest BCUT2D eigenvalue weighted by molar-refractivity contribution is -0.384. The lowest BCUT2D eigenvalue weighted by atomic mass is 10.1. The van der Waals surface area contributed by atoms with Crippen LogP contribution in [-0.2, 0) is 13.1 Å². The van der Waals surface area contributed by atoms with Crippen molar-refractivity contribution >= 4 is 17.7 Å². The summed E-state index contributed by atoms with van der Waals surface area (Å²) in [4.78, 5) is 23.3. The number of carbonyl (C=O) groups is 1. The second-order valence-corrected chi connectivity index (χ2v) is 4.49. The van der Waals surface area contributed by atoms with Crippen LogP contribution in [0.25, 0.3) is 0 Å². The first-order valence-electron chi connectivity index (χ1n) is 6.04. The van der Waals surface area contributed by atoms with Gasteiger partial charge in [-0.25, -0.2) is 0 Å². The first-order chi connectivity index (χ1) is 9.69. The number of carbonyl (C=O) groups excluding carboxylic acids is 1. The zero-order valence-corrected chi connectivity index (χ0v) is 10.5. The molecule has 0 bridgehead atoms. The number of benzene rings is 1. The Hall–Kier alpha value is -2.77. The first-order valence-corrected chi connectivity index (χ1v) is 6.04. The maximum Gasteiger partial charge on any atom is 0.293 e. The fourth-order valence-corrected chi connectivity index (χ4v) is 2.30. The Morgan fingerprint density at radius 2 is 2.20 bits per heavy atom. The van der Waals surface area contributed by atoms with Crippen molar-refractivity contribution in [3.05, 3.63) is 46.0 Å². The van der Waals surface area contributed by atoms with Crippen LogP contribution in [0.5, 0.6) is 0 Å². The van der Waals surface area contributed by atoms with Crippen molar-refractivity contribution in [1.29, 1.82) is 0 Å². The predicted molar refractivity (Wildman–Crippen MR) is 69.6 cm³/mol. The number of anilines is 1. The van der Waals surface area contributed by atoms with E-state index in [1.165, 1.54) is 6.07 Å². The molecule has 8 nitrogen and oxygen atoms in total. The minimum absolute atomic E-state index is 0.0671. The van der Waals surface area contributed by atoms with Crippen molar-refractivity contribution in [3.63, 3.8) is 0 Å². The third kappa shape index (κ3) is 2.00. The molecule has 0 unspecified atom stereocenters. The number of aromatic nitrogens is 3. The van der Waals surface area contributed by atoms with E-state index in [9.17, 15) is 14.9 Å². The van der Waals surface area contributed by atoms with Gasteiger partial charge in [0, 0.05) is 24.7 Å². The van der Waals surface area contributed by atoms with Crippen molar-refractivity contribution in [2.75, 3.05) is 11.4 Å². The van der Waals surface area contributed by atoms with Crippen LogP contribution < -0.4 is 4.90 Å². The van der Waals surface area contributed by atoms with Gasteiger partial charge in [-0.1, -0.05) is 0 Å². The summed E-state index contributed by atoms with van der Waals surface area (Å²) in [5.41, 5.74) is 0.720. The summed E-state index contributed by atoms with van der Waals surface area (Å²) < 4.78 is 1.92. The molecule has 1 aliphatic heterocycles. The highest BCUT2D eigenvalue weighted by molar-refractivity contribution is 5.79. The van der Waals surface area contributed by atoms with Gasteiger partial charge >= 0.3 is 0 Å². The Kier molecular flexibility index (Phi) is 2.90. The van der Waals surface area contributed by atoms with Gasteiger partial charge in [-0.05, 0) is 12.1 Å². The summed E-state index contributed by atoms with van der Waals surface area (Å²) in [6, 6.07) is 4.48. The lowest BCUT2D eigenvalue weighted by Crippen LogP contribution is -2.34. The SMILES string of the molecule is O=Cc1ccc(N2CCn3cnnc3C2)c([N+](=O)[O-])c1. The molecule has 0 amide bonds. The molecule has 20 heavy (non-hydrogen) atoms. The Morgan fingerprint density at radius 3 is 2.95 bits per heavy atom. The van der Waals surface area contributed by atoms with Crippen LogP contribution in [0, 0.1) is 10.1 Å². The fourth-order valence-electron chi connectivity index (χ4n) is 2.30. The van der Waals surface area contributed by atoms with Gasteiger partial charge in [-0.2, -0.15) is 0 Å². The molecule has 0 fully saturated rings. The molecule has 1 aromatic carbocycles. The molecule has 2 heterocycles. The number of nitro benzene ring substituents is 1. The second-order valence-electron chi connectivity index (χ2n) is 4.49. The topological polar surface area (TPSA) is 94.2 Å². The molecule has 0 saturated carbocycles. The van der Waals surface area contributed by atoms with Crippen molar-refractivity contribution in [2.45, 2.75) is 13.1 Å². The monoisotopic (exact) mass is 273 g/mol. The molecule has 1 aromatic heterocycles. The van der Waals surface area contributed by atoms with Crippen molar-refractivity contribution < 1.29 is 9.72 Å². The highest BCUT2D eigenvalue weighted by Crippen LogP contribution is 2.31. The summed E-state index contributed by atoms with van der Waals surface area (Å²) in [5.74, 6) is 0.769. The number of aldehydes is 1. The average molecular weight is 273 g/mol. The van der Waals surface area contributed by atoms with E-state index in [2.05, 4.69) is 10.2 Å². The van der Waals surface area contributed by atoms with Crippen molar-refractivity contribution in [3.8, 4) is 0 Å². The number of nitrogens with zero attached hydrogens (tertiary/aromatic N) is 5. The van der Waals surface area contributed by atoms with Crippen LogP contribution in [0.3, 0.4) is 0 Å². The van der Waals surface area contributed by atoms with E-state index < -0.39 is 4.92 Å². The normalized spacial score (nSPS) is 13.9. The van der Waals surface area contributed by atoms with Crippen LogP contribution in [-0.4, -0.2) is 32.5 Å². The highest BCUT2D eigenvalue weighted by Gasteiger charge is 2.24. The maximum atomic E-state index is 11.2. The standard InChI is InChI=1S/C12H11N5O3/c18-7-9-1-2-10(11(5-9)17(19)20)15-3-4-16-8-13-14-12(16)6-15/h1-2,5,7-8H,3-4,6H2. The molecular formula is C12H11N5O3. The molecule has 8 heteroatoms. The molecule has 0 aliphatic carbocycles.